The summed E-state index contributed by atoms with van der Waals surface area (Å²) in [6, 6.07) is 1.86. The third-order valence-corrected chi connectivity index (χ3v) is 2.90. The Morgan fingerprint density at radius 2 is 1.83 bits per heavy atom. The van der Waals surface area contributed by atoms with E-state index in [1.54, 1.807) is 7.11 Å². The highest BCUT2D eigenvalue weighted by atomic mass is 16.5. The van der Waals surface area contributed by atoms with Gasteiger partial charge in [-0.3, -0.25) is 0 Å². The molecule has 0 aliphatic heterocycles. The third-order valence-electron chi connectivity index (χ3n) is 2.90. The van der Waals surface area contributed by atoms with Crippen LogP contribution in [0.2, 0.25) is 0 Å². The number of rotatable bonds is 3. The fourth-order valence-electron chi connectivity index (χ4n) is 1.92. The van der Waals surface area contributed by atoms with E-state index in [1.807, 2.05) is 40.7 Å². The Hall–Kier alpha value is -1.71. The van der Waals surface area contributed by atoms with Crippen molar-refractivity contribution in [3.05, 3.63) is 22.8 Å². The number of hydrogen-bond donors (Lipinski definition) is 2. The smallest absolute Gasteiger partial charge is 0.319 e. The van der Waals surface area contributed by atoms with Crippen LogP contribution in [0.25, 0.3) is 0 Å². The van der Waals surface area contributed by atoms with Crippen LogP contribution in [0.3, 0.4) is 0 Å². The van der Waals surface area contributed by atoms with Gasteiger partial charge in [0.2, 0.25) is 0 Å². The molecule has 18 heavy (non-hydrogen) atoms. The van der Waals surface area contributed by atoms with Gasteiger partial charge in [0.05, 0.1) is 7.11 Å². The first-order valence-corrected chi connectivity index (χ1v) is 6.09. The number of anilines is 1. The second-order valence-electron chi connectivity index (χ2n) is 4.78. The molecule has 1 aromatic rings. The molecule has 4 heteroatoms. The van der Waals surface area contributed by atoms with Gasteiger partial charge in [-0.05, 0) is 57.4 Å². The standard InChI is InChI=1S/C14H22N2O2/c1-8(2)15-14(17)16-12-7-9(3)13(18-6)11(5)10(12)4/h7-8H,1-6H3,(H2,15,16,17). The molecule has 2 N–H and O–H groups in total. The third kappa shape index (κ3) is 3.15. The Labute approximate surface area is 109 Å². The minimum atomic E-state index is -0.183. The van der Waals surface area contributed by atoms with Gasteiger partial charge >= 0.3 is 6.03 Å². The van der Waals surface area contributed by atoms with Gasteiger partial charge < -0.3 is 15.4 Å². The number of carbonyl (C=O) groups excluding carboxylic acids is 1. The quantitative estimate of drug-likeness (QED) is 0.865. The number of aryl methyl sites for hydroxylation is 1. The summed E-state index contributed by atoms with van der Waals surface area (Å²) in [7, 11) is 1.66. The molecule has 0 spiro atoms. The van der Waals surface area contributed by atoms with E-state index >= 15 is 0 Å². The molecule has 0 aliphatic carbocycles. The van der Waals surface area contributed by atoms with Crippen LogP contribution in [0.5, 0.6) is 5.75 Å². The van der Waals surface area contributed by atoms with Crippen LogP contribution in [-0.4, -0.2) is 19.2 Å². The van der Waals surface area contributed by atoms with Gasteiger partial charge in [0.25, 0.3) is 0 Å². The summed E-state index contributed by atoms with van der Waals surface area (Å²) in [5.74, 6) is 0.877. The molecule has 2 amide bonds. The summed E-state index contributed by atoms with van der Waals surface area (Å²) in [6.45, 7) is 9.79. The average Bonchev–Trinajstić information content (AvgIpc) is 2.25. The van der Waals surface area contributed by atoms with Gasteiger partial charge in [-0.25, -0.2) is 4.79 Å². The number of methoxy groups -OCH3 is 1. The minimum absolute atomic E-state index is 0.116. The normalized spacial score (nSPS) is 10.4. The molecule has 100 valence electrons. The molecule has 0 heterocycles. The van der Waals surface area contributed by atoms with Crippen LogP contribution < -0.4 is 15.4 Å². The molecule has 0 unspecified atom stereocenters. The van der Waals surface area contributed by atoms with Crippen LogP contribution in [0.4, 0.5) is 10.5 Å². The minimum Gasteiger partial charge on any atom is -0.496 e. The van der Waals surface area contributed by atoms with Gasteiger partial charge in [-0.1, -0.05) is 0 Å². The van der Waals surface area contributed by atoms with Crippen LogP contribution >= 0.6 is 0 Å². The van der Waals surface area contributed by atoms with E-state index in [2.05, 4.69) is 10.6 Å². The number of hydrogen-bond acceptors (Lipinski definition) is 2. The van der Waals surface area contributed by atoms with Crippen LogP contribution in [0, 0.1) is 20.8 Å². The molecule has 0 saturated carbocycles. The maximum atomic E-state index is 11.7. The monoisotopic (exact) mass is 250 g/mol. The summed E-state index contributed by atoms with van der Waals surface area (Å²) >= 11 is 0. The van der Waals surface area contributed by atoms with Gasteiger partial charge in [0.15, 0.2) is 0 Å². The highest BCUT2D eigenvalue weighted by Crippen LogP contribution is 2.31. The SMILES string of the molecule is COc1c(C)cc(NC(=O)NC(C)C)c(C)c1C. The Morgan fingerprint density at radius 1 is 1.22 bits per heavy atom. The lowest BCUT2D eigenvalue weighted by Crippen LogP contribution is -2.34. The summed E-state index contributed by atoms with van der Waals surface area (Å²) in [4.78, 5) is 11.7. The molecule has 1 aromatic carbocycles. The van der Waals surface area contributed by atoms with Crippen molar-refractivity contribution in [3.8, 4) is 5.75 Å². The summed E-state index contributed by atoms with van der Waals surface area (Å²) in [6.07, 6.45) is 0. The van der Waals surface area contributed by atoms with Crippen molar-refractivity contribution in [2.75, 3.05) is 12.4 Å². The molecular formula is C14H22N2O2. The van der Waals surface area contributed by atoms with Gasteiger partial charge in [0, 0.05) is 11.7 Å². The predicted octanol–water partition coefficient (Wildman–Crippen LogP) is 3.15. The second-order valence-corrected chi connectivity index (χ2v) is 4.78. The van der Waals surface area contributed by atoms with Crippen molar-refractivity contribution in [1.29, 1.82) is 0 Å². The first-order valence-electron chi connectivity index (χ1n) is 6.09. The number of nitrogens with one attached hydrogen (secondary N) is 2. The summed E-state index contributed by atoms with van der Waals surface area (Å²) < 4.78 is 5.35. The number of amides is 2. The van der Waals surface area contributed by atoms with Crippen LogP contribution in [0.1, 0.15) is 30.5 Å². The molecule has 0 fully saturated rings. The van der Waals surface area contributed by atoms with Crippen LogP contribution in [0.15, 0.2) is 6.07 Å². The van der Waals surface area contributed by atoms with Gasteiger partial charge in [-0.15, -0.1) is 0 Å². The van der Waals surface area contributed by atoms with E-state index in [0.29, 0.717) is 0 Å². The van der Waals surface area contributed by atoms with E-state index < -0.39 is 0 Å². The highest BCUT2D eigenvalue weighted by Gasteiger charge is 2.12. The van der Waals surface area contributed by atoms with Crippen molar-refractivity contribution in [2.24, 2.45) is 0 Å². The van der Waals surface area contributed by atoms with E-state index in [4.69, 9.17) is 4.74 Å². The zero-order valence-corrected chi connectivity index (χ0v) is 12.0. The number of urea groups is 1. The van der Waals surface area contributed by atoms with Gasteiger partial charge in [0.1, 0.15) is 5.75 Å². The largest absolute Gasteiger partial charge is 0.496 e. The zero-order valence-electron chi connectivity index (χ0n) is 12.0. The van der Waals surface area contributed by atoms with Crippen molar-refractivity contribution < 1.29 is 9.53 Å². The van der Waals surface area contributed by atoms with Crippen molar-refractivity contribution >= 4 is 11.7 Å². The number of ether oxygens (including phenoxy) is 1. The zero-order chi connectivity index (χ0) is 13.9. The maximum Gasteiger partial charge on any atom is 0.319 e. The highest BCUT2D eigenvalue weighted by molar-refractivity contribution is 5.90. The lowest BCUT2D eigenvalue weighted by Gasteiger charge is -2.17. The van der Waals surface area contributed by atoms with Crippen molar-refractivity contribution in [3.63, 3.8) is 0 Å². The average molecular weight is 250 g/mol. The molecule has 0 saturated heterocycles. The van der Waals surface area contributed by atoms with Gasteiger partial charge in [-0.2, -0.15) is 0 Å². The van der Waals surface area contributed by atoms with Crippen molar-refractivity contribution in [2.45, 2.75) is 40.7 Å². The fraction of sp³-hybridized carbons (Fsp3) is 0.500. The van der Waals surface area contributed by atoms with E-state index in [1.165, 1.54) is 0 Å². The fourth-order valence-corrected chi connectivity index (χ4v) is 1.92. The van der Waals surface area contributed by atoms with E-state index in [9.17, 15) is 4.79 Å². The Morgan fingerprint density at radius 3 is 2.33 bits per heavy atom. The lowest BCUT2D eigenvalue weighted by atomic mass is 10.0. The second kappa shape index (κ2) is 5.76. The molecule has 0 radical (unpaired) electrons. The molecule has 0 bridgehead atoms. The molecule has 0 atom stereocenters. The number of carbonyl (C=O) groups is 1. The molecular weight excluding hydrogens is 228 g/mol. The van der Waals surface area contributed by atoms with E-state index in [0.717, 1.165) is 28.1 Å². The lowest BCUT2D eigenvalue weighted by molar-refractivity contribution is 0.250. The first kappa shape index (κ1) is 14.4. The van der Waals surface area contributed by atoms with Crippen molar-refractivity contribution in [1.82, 2.24) is 5.32 Å². The maximum absolute atomic E-state index is 11.7. The Kier molecular flexibility index (Phi) is 4.59. The summed E-state index contributed by atoms with van der Waals surface area (Å²) in [5, 5.41) is 5.67. The molecule has 1 rings (SSSR count). The Bertz CT molecular complexity index is 454. The Balaban J connectivity index is 3.01. The van der Waals surface area contributed by atoms with E-state index in [-0.39, 0.29) is 12.1 Å². The first-order chi connectivity index (χ1) is 8.36. The molecule has 4 nitrogen and oxygen atoms in total. The number of benzene rings is 1. The molecule has 0 aromatic heterocycles. The summed E-state index contributed by atoms with van der Waals surface area (Å²) in [5.41, 5.74) is 3.91. The van der Waals surface area contributed by atoms with Crippen LogP contribution in [-0.2, 0) is 0 Å². The topological polar surface area (TPSA) is 50.4 Å². The molecule has 0 aliphatic rings. The predicted molar refractivity (Wildman–Crippen MR) is 74.5 cm³/mol.